The van der Waals surface area contributed by atoms with E-state index in [1.54, 1.807) is 0 Å². The molecule has 1 aromatic heterocycles. The highest BCUT2D eigenvalue weighted by molar-refractivity contribution is 5.85. The van der Waals surface area contributed by atoms with E-state index in [1.165, 1.54) is 0 Å². The predicted octanol–water partition coefficient (Wildman–Crippen LogP) is 3.39. The van der Waals surface area contributed by atoms with Crippen molar-refractivity contribution in [3.8, 4) is 5.69 Å². The van der Waals surface area contributed by atoms with Crippen LogP contribution < -0.4 is 4.90 Å². The van der Waals surface area contributed by atoms with E-state index < -0.39 is 0 Å². The van der Waals surface area contributed by atoms with Crippen molar-refractivity contribution in [3.63, 3.8) is 0 Å². The minimum Gasteiger partial charge on any atom is -0.350 e. The average Bonchev–Trinajstić information content (AvgIpc) is 2.81. The van der Waals surface area contributed by atoms with E-state index in [4.69, 9.17) is 0 Å². The molecule has 4 heteroatoms. The summed E-state index contributed by atoms with van der Waals surface area (Å²) in [5.74, 6) is 0.823. The summed E-state index contributed by atoms with van der Waals surface area (Å²) in [5, 5.41) is 4.55. The summed E-state index contributed by atoms with van der Waals surface area (Å²) < 4.78 is 1.84. The number of anilines is 1. The second kappa shape index (κ2) is 6.39. The minimum atomic E-state index is 0.236. The van der Waals surface area contributed by atoms with Crippen LogP contribution in [0.5, 0.6) is 0 Å². The van der Waals surface area contributed by atoms with E-state index in [2.05, 4.69) is 30.4 Å². The highest BCUT2D eigenvalue weighted by Crippen LogP contribution is 2.27. The maximum atomic E-state index is 11.5. The summed E-state index contributed by atoms with van der Waals surface area (Å²) in [6.07, 6.45) is 2.72. The Morgan fingerprint density at radius 1 is 1.33 bits per heavy atom. The Labute approximate surface area is 125 Å². The summed E-state index contributed by atoms with van der Waals surface area (Å²) in [7, 11) is 0. The maximum absolute atomic E-state index is 11.5. The van der Waals surface area contributed by atoms with Crippen molar-refractivity contribution in [2.45, 2.75) is 26.8 Å². The number of carbonyl (C=O) groups excluding carboxylic acids is 1. The fourth-order valence-corrected chi connectivity index (χ4v) is 2.37. The molecule has 2 rings (SSSR count). The zero-order chi connectivity index (χ0) is 15.4. The number of aldehydes is 1. The Balaban J connectivity index is 2.66. The molecule has 4 nitrogen and oxygen atoms in total. The van der Waals surface area contributed by atoms with E-state index in [9.17, 15) is 4.79 Å². The van der Waals surface area contributed by atoms with Gasteiger partial charge in [0.2, 0.25) is 0 Å². The van der Waals surface area contributed by atoms with Crippen molar-refractivity contribution in [2.24, 2.45) is 0 Å². The molecule has 0 radical (unpaired) electrons. The first-order valence-electron chi connectivity index (χ1n) is 7.08. The summed E-state index contributed by atoms with van der Waals surface area (Å²) in [6, 6.07) is 10.1. The lowest BCUT2D eigenvalue weighted by atomic mass is 10.2. The van der Waals surface area contributed by atoms with Crippen LogP contribution in [0.25, 0.3) is 5.69 Å². The van der Waals surface area contributed by atoms with Crippen LogP contribution in [0.1, 0.15) is 29.9 Å². The van der Waals surface area contributed by atoms with Gasteiger partial charge in [0.25, 0.3) is 0 Å². The van der Waals surface area contributed by atoms with E-state index in [-0.39, 0.29) is 6.04 Å². The van der Waals surface area contributed by atoms with Crippen molar-refractivity contribution < 1.29 is 4.79 Å². The van der Waals surface area contributed by atoms with Crippen LogP contribution in [0, 0.1) is 6.92 Å². The third kappa shape index (κ3) is 2.89. The summed E-state index contributed by atoms with van der Waals surface area (Å²) in [5.41, 5.74) is 2.31. The number of hydrogen-bond donors (Lipinski definition) is 0. The predicted molar refractivity (Wildman–Crippen MR) is 86.4 cm³/mol. The number of benzene rings is 1. The number of para-hydroxylation sites is 1. The monoisotopic (exact) mass is 283 g/mol. The van der Waals surface area contributed by atoms with Crippen LogP contribution in [0.3, 0.4) is 0 Å². The van der Waals surface area contributed by atoms with Gasteiger partial charge in [0, 0.05) is 12.6 Å². The van der Waals surface area contributed by atoms with Crippen LogP contribution in [0.4, 0.5) is 5.82 Å². The Morgan fingerprint density at radius 2 is 2.00 bits per heavy atom. The highest BCUT2D eigenvalue weighted by atomic mass is 16.1. The molecule has 0 aliphatic heterocycles. The molecule has 0 amide bonds. The van der Waals surface area contributed by atoms with E-state index >= 15 is 0 Å². The van der Waals surface area contributed by atoms with E-state index in [0.29, 0.717) is 12.1 Å². The van der Waals surface area contributed by atoms with Crippen molar-refractivity contribution in [1.82, 2.24) is 9.78 Å². The first-order chi connectivity index (χ1) is 10.1. The summed E-state index contributed by atoms with van der Waals surface area (Å²) >= 11 is 0. The van der Waals surface area contributed by atoms with Crippen molar-refractivity contribution in [3.05, 3.63) is 54.2 Å². The van der Waals surface area contributed by atoms with E-state index in [0.717, 1.165) is 23.5 Å². The molecule has 0 N–H and O–H groups in total. The van der Waals surface area contributed by atoms with Crippen LogP contribution >= 0.6 is 0 Å². The first-order valence-corrected chi connectivity index (χ1v) is 7.08. The van der Waals surface area contributed by atoms with Gasteiger partial charge in [0.05, 0.1) is 16.9 Å². The zero-order valence-electron chi connectivity index (χ0n) is 12.8. The van der Waals surface area contributed by atoms with Gasteiger partial charge in [-0.05, 0) is 32.9 Å². The smallest absolute Gasteiger partial charge is 0.155 e. The molecule has 0 spiro atoms. The quantitative estimate of drug-likeness (QED) is 0.602. The van der Waals surface area contributed by atoms with Gasteiger partial charge in [0.15, 0.2) is 6.29 Å². The van der Waals surface area contributed by atoms with Gasteiger partial charge in [-0.1, -0.05) is 24.3 Å². The summed E-state index contributed by atoms with van der Waals surface area (Å²) in [6.45, 7) is 10.5. The Bertz CT molecular complexity index is 629. The molecule has 21 heavy (non-hydrogen) atoms. The number of nitrogens with zero attached hydrogens (tertiary/aromatic N) is 3. The molecule has 2 aromatic rings. The maximum Gasteiger partial charge on any atom is 0.155 e. The van der Waals surface area contributed by atoms with Gasteiger partial charge in [-0.25, -0.2) is 4.68 Å². The minimum absolute atomic E-state index is 0.236. The van der Waals surface area contributed by atoms with Crippen LogP contribution in [0.2, 0.25) is 0 Å². The lowest BCUT2D eigenvalue weighted by Gasteiger charge is -2.28. The summed E-state index contributed by atoms with van der Waals surface area (Å²) in [4.78, 5) is 13.6. The number of hydrogen-bond acceptors (Lipinski definition) is 3. The molecular weight excluding hydrogens is 262 g/mol. The van der Waals surface area contributed by atoms with Crippen LogP contribution in [-0.4, -0.2) is 28.7 Å². The van der Waals surface area contributed by atoms with Gasteiger partial charge in [-0.15, -0.1) is 6.58 Å². The molecule has 1 aromatic carbocycles. The Morgan fingerprint density at radius 3 is 2.52 bits per heavy atom. The highest BCUT2D eigenvalue weighted by Gasteiger charge is 2.22. The number of aryl methyl sites for hydroxylation is 1. The molecule has 0 saturated carbocycles. The normalized spacial score (nSPS) is 10.7. The molecule has 0 unspecified atom stereocenters. The molecule has 0 aliphatic rings. The van der Waals surface area contributed by atoms with Gasteiger partial charge in [0.1, 0.15) is 5.82 Å². The fraction of sp³-hybridized carbons (Fsp3) is 0.294. The van der Waals surface area contributed by atoms with Crippen LogP contribution in [0.15, 0.2) is 43.0 Å². The molecule has 0 atom stereocenters. The lowest BCUT2D eigenvalue weighted by Crippen LogP contribution is -2.33. The standard InChI is InChI=1S/C17H21N3O/c1-5-11-19(13(2)3)17-16(12-21)14(4)18-20(17)15-9-7-6-8-10-15/h5-10,12-13H,1,11H2,2-4H3. The first kappa shape index (κ1) is 15.0. The van der Waals surface area contributed by atoms with Gasteiger partial charge < -0.3 is 4.90 Å². The molecule has 0 fully saturated rings. The topological polar surface area (TPSA) is 38.1 Å². The lowest BCUT2D eigenvalue weighted by molar-refractivity contribution is 0.112. The number of carbonyl (C=O) groups is 1. The zero-order valence-corrected chi connectivity index (χ0v) is 12.8. The largest absolute Gasteiger partial charge is 0.350 e. The van der Waals surface area contributed by atoms with Crippen molar-refractivity contribution in [2.75, 3.05) is 11.4 Å². The van der Waals surface area contributed by atoms with Gasteiger partial charge in [-0.2, -0.15) is 5.10 Å². The van der Waals surface area contributed by atoms with Crippen molar-refractivity contribution >= 4 is 12.1 Å². The molecule has 1 heterocycles. The Kier molecular flexibility index (Phi) is 4.58. The molecule has 0 aliphatic carbocycles. The SMILES string of the molecule is C=CCN(c1c(C=O)c(C)nn1-c1ccccc1)C(C)C. The second-order valence-corrected chi connectivity index (χ2v) is 5.22. The second-order valence-electron chi connectivity index (χ2n) is 5.22. The number of aromatic nitrogens is 2. The Hall–Kier alpha value is -2.36. The van der Waals surface area contributed by atoms with Gasteiger partial charge in [-0.3, -0.25) is 4.79 Å². The number of rotatable bonds is 6. The molecule has 110 valence electrons. The third-order valence-electron chi connectivity index (χ3n) is 3.42. The average molecular weight is 283 g/mol. The van der Waals surface area contributed by atoms with E-state index in [1.807, 2.05) is 48.0 Å². The fourth-order valence-electron chi connectivity index (χ4n) is 2.37. The van der Waals surface area contributed by atoms with Gasteiger partial charge >= 0.3 is 0 Å². The van der Waals surface area contributed by atoms with Crippen molar-refractivity contribution in [1.29, 1.82) is 0 Å². The third-order valence-corrected chi connectivity index (χ3v) is 3.42. The molecule has 0 bridgehead atoms. The molecular formula is C17H21N3O. The van der Waals surface area contributed by atoms with Crippen LogP contribution in [-0.2, 0) is 0 Å². The molecule has 0 saturated heterocycles.